The molecule has 0 aliphatic rings. The van der Waals surface area contributed by atoms with Gasteiger partial charge in [0.1, 0.15) is 17.6 Å². The molecule has 0 saturated heterocycles. The number of phenolic OH excluding ortho intramolecular Hbond substituents is 1. The van der Waals surface area contributed by atoms with Crippen molar-refractivity contribution in [1.29, 1.82) is 0 Å². The van der Waals surface area contributed by atoms with Crippen molar-refractivity contribution in [3.05, 3.63) is 84.1 Å². The number of aromatic hydroxyl groups is 1. The van der Waals surface area contributed by atoms with Gasteiger partial charge < -0.3 is 15.7 Å². The molecule has 0 unspecified atom stereocenters. The van der Waals surface area contributed by atoms with E-state index in [0.717, 1.165) is 5.56 Å². The fourth-order valence-corrected chi connectivity index (χ4v) is 3.71. The fourth-order valence-electron chi connectivity index (χ4n) is 3.71. The summed E-state index contributed by atoms with van der Waals surface area (Å²) in [4.78, 5) is 45.2. The Labute approximate surface area is 211 Å². The quantitative estimate of drug-likeness (QED) is 0.432. The van der Waals surface area contributed by atoms with Crippen molar-refractivity contribution in [2.45, 2.75) is 52.1 Å². The van der Waals surface area contributed by atoms with Crippen molar-refractivity contribution in [2.24, 2.45) is 0 Å². The summed E-state index contributed by atoms with van der Waals surface area (Å²) >= 11 is 0. The second-order valence-electron chi connectivity index (χ2n) is 9.60. The lowest BCUT2D eigenvalue weighted by Crippen LogP contribution is -2.49. The Morgan fingerprint density at radius 2 is 1.69 bits per heavy atom. The molecule has 1 atom stereocenters. The summed E-state index contributed by atoms with van der Waals surface area (Å²) in [5.41, 5.74) is 1.43. The topological polar surface area (TPSA) is 112 Å². The molecule has 0 fully saturated rings. The lowest BCUT2D eigenvalue weighted by molar-refractivity contribution is -0.128. The predicted molar refractivity (Wildman–Crippen MR) is 140 cm³/mol. The van der Waals surface area contributed by atoms with Gasteiger partial charge in [0.2, 0.25) is 17.7 Å². The number of anilines is 2. The molecule has 1 aromatic heterocycles. The number of benzene rings is 2. The van der Waals surface area contributed by atoms with Gasteiger partial charge in [-0.25, -0.2) is 4.98 Å². The largest absolute Gasteiger partial charge is 0.508 e. The number of nitrogens with one attached hydrogen (secondary N) is 2. The highest BCUT2D eigenvalue weighted by Gasteiger charge is 2.34. The number of hydrogen-bond acceptors (Lipinski definition) is 5. The Morgan fingerprint density at radius 3 is 2.31 bits per heavy atom. The number of phenols is 1. The molecule has 0 radical (unpaired) electrons. The van der Waals surface area contributed by atoms with E-state index in [4.69, 9.17) is 0 Å². The van der Waals surface area contributed by atoms with Crippen LogP contribution in [0.15, 0.2) is 72.9 Å². The minimum atomic E-state index is -1.02. The number of amides is 3. The molecule has 36 heavy (non-hydrogen) atoms. The van der Waals surface area contributed by atoms with Crippen LogP contribution in [0.3, 0.4) is 0 Å². The van der Waals surface area contributed by atoms with Gasteiger partial charge in [0, 0.05) is 30.3 Å². The summed E-state index contributed by atoms with van der Waals surface area (Å²) in [7, 11) is 0. The van der Waals surface area contributed by atoms with Crippen LogP contribution in [0.4, 0.5) is 11.5 Å². The Hall–Kier alpha value is -4.20. The van der Waals surface area contributed by atoms with Crippen LogP contribution >= 0.6 is 0 Å². The maximum Gasteiger partial charge on any atom is 0.248 e. The second-order valence-corrected chi connectivity index (χ2v) is 9.60. The van der Waals surface area contributed by atoms with Gasteiger partial charge >= 0.3 is 0 Å². The first kappa shape index (κ1) is 26.4. The minimum Gasteiger partial charge on any atom is -0.508 e. The molecule has 0 aliphatic carbocycles. The minimum absolute atomic E-state index is 0.0494. The first-order chi connectivity index (χ1) is 17.0. The molecular weight excluding hydrogens is 456 g/mol. The molecule has 8 nitrogen and oxygen atoms in total. The van der Waals surface area contributed by atoms with E-state index >= 15 is 0 Å². The summed E-state index contributed by atoms with van der Waals surface area (Å²) in [6.45, 7) is 7.48. The number of carbonyl (C=O) groups is 3. The third kappa shape index (κ3) is 7.40. The average Bonchev–Trinajstić information content (AvgIpc) is 2.81. The van der Waals surface area contributed by atoms with Crippen molar-refractivity contribution < 1.29 is 19.5 Å². The van der Waals surface area contributed by atoms with Crippen LogP contribution in [0, 0.1) is 6.92 Å². The first-order valence-electron chi connectivity index (χ1n) is 11.7. The summed E-state index contributed by atoms with van der Waals surface area (Å²) < 4.78 is 0. The zero-order chi connectivity index (χ0) is 26.3. The van der Waals surface area contributed by atoms with Gasteiger partial charge in [0.15, 0.2) is 0 Å². The van der Waals surface area contributed by atoms with E-state index in [1.807, 2.05) is 45.9 Å². The number of aromatic nitrogens is 1. The Balaban J connectivity index is 1.95. The Bertz CT molecular complexity index is 1200. The number of carbonyl (C=O) groups excluding carboxylic acids is 3. The van der Waals surface area contributed by atoms with E-state index in [2.05, 4.69) is 15.6 Å². The van der Waals surface area contributed by atoms with Crippen molar-refractivity contribution in [3.8, 4) is 5.75 Å². The van der Waals surface area contributed by atoms with Gasteiger partial charge in [-0.1, -0.05) is 30.3 Å². The SMILES string of the molecule is Cc1cccc(N(C(=O)CCC(=O)Nc2ccccn2)[C@H](C(=O)NC(C)(C)C)c2ccc(O)cc2)c1. The van der Waals surface area contributed by atoms with Crippen molar-refractivity contribution in [2.75, 3.05) is 10.2 Å². The molecule has 2 aromatic carbocycles. The van der Waals surface area contributed by atoms with Gasteiger partial charge in [-0.15, -0.1) is 0 Å². The van der Waals surface area contributed by atoms with Gasteiger partial charge in [-0.3, -0.25) is 19.3 Å². The number of pyridine rings is 1. The predicted octanol–water partition coefficient (Wildman–Crippen LogP) is 4.50. The molecule has 3 rings (SSSR count). The van der Waals surface area contributed by atoms with Crippen LogP contribution in [-0.4, -0.2) is 33.4 Å². The molecule has 0 spiro atoms. The van der Waals surface area contributed by atoms with Crippen molar-refractivity contribution in [1.82, 2.24) is 10.3 Å². The number of rotatable bonds is 8. The number of aryl methyl sites for hydroxylation is 1. The van der Waals surface area contributed by atoms with Crippen LogP contribution in [0.2, 0.25) is 0 Å². The van der Waals surface area contributed by atoms with E-state index in [9.17, 15) is 19.5 Å². The highest BCUT2D eigenvalue weighted by Crippen LogP contribution is 2.31. The molecular formula is C28H32N4O4. The molecule has 0 saturated carbocycles. The van der Waals surface area contributed by atoms with Crippen LogP contribution in [-0.2, 0) is 14.4 Å². The molecule has 3 amide bonds. The van der Waals surface area contributed by atoms with E-state index in [-0.39, 0.29) is 36.3 Å². The molecule has 3 N–H and O–H groups in total. The third-order valence-electron chi connectivity index (χ3n) is 5.26. The Kier molecular flexibility index (Phi) is 8.42. The average molecular weight is 489 g/mol. The summed E-state index contributed by atoms with van der Waals surface area (Å²) in [5, 5.41) is 15.4. The van der Waals surface area contributed by atoms with Crippen LogP contribution in [0.5, 0.6) is 5.75 Å². The molecule has 188 valence electrons. The van der Waals surface area contributed by atoms with Crippen LogP contribution in [0.1, 0.15) is 50.8 Å². The summed E-state index contributed by atoms with van der Waals surface area (Å²) in [5.74, 6) is -0.670. The highest BCUT2D eigenvalue weighted by atomic mass is 16.3. The number of nitrogens with zero attached hydrogens (tertiary/aromatic N) is 2. The van der Waals surface area contributed by atoms with Crippen molar-refractivity contribution in [3.63, 3.8) is 0 Å². The lowest BCUT2D eigenvalue weighted by Gasteiger charge is -2.34. The van der Waals surface area contributed by atoms with E-state index in [0.29, 0.717) is 17.1 Å². The van der Waals surface area contributed by atoms with Crippen molar-refractivity contribution >= 4 is 29.2 Å². The first-order valence-corrected chi connectivity index (χ1v) is 11.7. The zero-order valence-corrected chi connectivity index (χ0v) is 21.0. The highest BCUT2D eigenvalue weighted by molar-refractivity contribution is 6.03. The van der Waals surface area contributed by atoms with Gasteiger partial charge in [-0.05, 0) is 75.2 Å². The summed E-state index contributed by atoms with van der Waals surface area (Å²) in [6, 6.07) is 17.6. The van der Waals surface area contributed by atoms with Gasteiger partial charge in [0.25, 0.3) is 0 Å². The van der Waals surface area contributed by atoms with Crippen LogP contribution < -0.4 is 15.5 Å². The monoisotopic (exact) mass is 488 g/mol. The maximum absolute atomic E-state index is 13.7. The Morgan fingerprint density at radius 1 is 0.972 bits per heavy atom. The van der Waals surface area contributed by atoms with Gasteiger partial charge in [-0.2, -0.15) is 0 Å². The lowest BCUT2D eigenvalue weighted by atomic mass is 9.99. The third-order valence-corrected chi connectivity index (χ3v) is 5.26. The second kappa shape index (κ2) is 11.5. The van der Waals surface area contributed by atoms with E-state index in [1.165, 1.54) is 17.0 Å². The normalized spacial score (nSPS) is 11.9. The molecule has 0 aliphatic heterocycles. The van der Waals surface area contributed by atoms with E-state index in [1.54, 1.807) is 42.6 Å². The summed E-state index contributed by atoms with van der Waals surface area (Å²) in [6.07, 6.45) is 1.36. The molecule has 1 heterocycles. The fraction of sp³-hybridized carbons (Fsp3) is 0.286. The smallest absolute Gasteiger partial charge is 0.248 e. The maximum atomic E-state index is 13.7. The van der Waals surface area contributed by atoms with Crippen LogP contribution in [0.25, 0.3) is 0 Å². The molecule has 0 bridgehead atoms. The van der Waals surface area contributed by atoms with Gasteiger partial charge in [0.05, 0.1) is 0 Å². The zero-order valence-electron chi connectivity index (χ0n) is 21.0. The standard InChI is InChI=1S/C28H32N4O4/c1-19-8-7-9-21(18-19)32(25(35)16-15-24(34)30-23-10-5-6-17-29-23)26(27(36)31-28(2,3)4)20-11-13-22(33)14-12-20/h5-14,17-18,26,33H,15-16H2,1-4H3,(H,31,36)(H,29,30,34)/t26-/m0/s1. The van der Waals surface area contributed by atoms with E-state index < -0.39 is 11.6 Å². The molecule has 3 aromatic rings. The number of hydrogen-bond donors (Lipinski definition) is 3. The molecule has 8 heteroatoms.